The Bertz CT molecular complexity index is 518. The maximum atomic E-state index is 10.4. The van der Waals surface area contributed by atoms with Crippen LogP contribution in [0.1, 0.15) is 31.9 Å². The van der Waals surface area contributed by atoms with Gasteiger partial charge in [0.1, 0.15) is 0 Å². The Hall–Kier alpha value is -1.45. The van der Waals surface area contributed by atoms with Crippen molar-refractivity contribution in [1.29, 1.82) is 0 Å². The lowest BCUT2D eigenvalue weighted by Gasteiger charge is -2.20. The van der Waals surface area contributed by atoms with Crippen LogP contribution in [0.15, 0.2) is 36.5 Å². The van der Waals surface area contributed by atoms with E-state index in [-0.39, 0.29) is 0 Å². The van der Waals surface area contributed by atoms with Crippen molar-refractivity contribution >= 4 is 10.9 Å². The number of pyridine rings is 1. The van der Waals surface area contributed by atoms with Crippen LogP contribution in [0.25, 0.3) is 10.9 Å². The minimum absolute atomic E-state index is 0.445. The first-order chi connectivity index (χ1) is 9.26. The molecule has 0 aliphatic heterocycles. The molecular formula is C16H22N2O. The van der Waals surface area contributed by atoms with Gasteiger partial charge in [0, 0.05) is 23.7 Å². The van der Waals surface area contributed by atoms with E-state index in [1.54, 1.807) is 6.20 Å². The summed E-state index contributed by atoms with van der Waals surface area (Å²) in [4.78, 5) is 6.72. The van der Waals surface area contributed by atoms with Crippen molar-refractivity contribution in [2.45, 2.75) is 26.4 Å². The van der Waals surface area contributed by atoms with Crippen LogP contribution in [0.3, 0.4) is 0 Å². The standard InChI is InChI=1S/C16H22N2O/c1-3-18(4-2)12-10-15(19)14-9-5-7-13-8-6-11-17-16(13)14/h5-9,11,15,19H,3-4,10,12H2,1-2H3. The van der Waals surface area contributed by atoms with E-state index in [1.165, 1.54) is 0 Å². The molecule has 3 nitrogen and oxygen atoms in total. The lowest BCUT2D eigenvalue weighted by molar-refractivity contribution is 0.146. The molecule has 0 aliphatic rings. The van der Waals surface area contributed by atoms with Crippen LogP contribution in [0.5, 0.6) is 0 Å². The van der Waals surface area contributed by atoms with E-state index < -0.39 is 6.10 Å². The Kier molecular flexibility index (Phi) is 4.88. The number of aliphatic hydroxyl groups excluding tert-OH is 1. The third kappa shape index (κ3) is 3.31. The van der Waals surface area contributed by atoms with E-state index in [2.05, 4.69) is 23.7 Å². The summed E-state index contributed by atoms with van der Waals surface area (Å²) >= 11 is 0. The van der Waals surface area contributed by atoms with Crippen LogP contribution in [-0.4, -0.2) is 34.6 Å². The Labute approximate surface area is 114 Å². The molecule has 0 amide bonds. The molecule has 1 unspecified atom stereocenters. The maximum Gasteiger partial charge on any atom is 0.0823 e. The quantitative estimate of drug-likeness (QED) is 0.865. The molecule has 1 aromatic heterocycles. The summed E-state index contributed by atoms with van der Waals surface area (Å²) in [6.07, 6.45) is 2.08. The molecule has 0 aliphatic carbocycles. The molecule has 0 fully saturated rings. The molecule has 0 bridgehead atoms. The molecular weight excluding hydrogens is 236 g/mol. The third-order valence-corrected chi connectivity index (χ3v) is 3.64. The van der Waals surface area contributed by atoms with Gasteiger partial charge in [0.05, 0.1) is 11.6 Å². The number of hydrogen-bond acceptors (Lipinski definition) is 3. The summed E-state index contributed by atoms with van der Waals surface area (Å²) < 4.78 is 0. The van der Waals surface area contributed by atoms with Gasteiger partial charge in [-0.1, -0.05) is 38.1 Å². The Morgan fingerprint density at radius 3 is 2.63 bits per heavy atom. The highest BCUT2D eigenvalue weighted by atomic mass is 16.3. The second-order valence-corrected chi connectivity index (χ2v) is 4.75. The zero-order chi connectivity index (χ0) is 13.7. The van der Waals surface area contributed by atoms with Gasteiger partial charge in [-0.2, -0.15) is 0 Å². The van der Waals surface area contributed by atoms with E-state index in [0.717, 1.165) is 42.5 Å². The molecule has 0 saturated carbocycles. The molecule has 1 aromatic carbocycles. The number of aliphatic hydroxyl groups is 1. The van der Waals surface area contributed by atoms with Crippen LogP contribution in [0.4, 0.5) is 0 Å². The van der Waals surface area contributed by atoms with Gasteiger partial charge in [0.2, 0.25) is 0 Å². The average molecular weight is 258 g/mol. The summed E-state index contributed by atoms with van der Waals surface area (Å²) in [5.41, 5.74) is 1.85. The molecule has 0 saturated heterocycles. The molecule has 0 spiro atoms. The second-order valence-electron chi connectivity index (χ2n) is 4.75. The predicted octanol–water partition coefficient (Wildman–Crippen LogP) is 3.00. The molecule has 1 atom stereocenters. The Morgan fingerprint density at radius 2 is 1.89 bits per heavy atom. The summed E-state index contributed by atoms with van der Waals surface area (Å²) in [7, 11) is 0. The third-order valence-electron chi connectivity index (χ3n) is 3.64. The van der Waals surface area contributed by atoms with Crippen molar-refractivity contribution < 1.29 is 5.11 Å². The Morgan fingerprint density at radius 1 is 1.16 bits per heavy atom. The smallest absolute Gasteiger partial charge is 0.0823 e. The fourth-order valence-electron chi connectivity index (χ4n) is 2.40. The van der Waals surface area contributed by atoms with E-state index in [9.17, 15) is 5.11 Å². The van der Waals surface area contributed by atoms with Crippen molar-refractivity contribution in [3.63, 3.8) is 0 Å². The molecule has 2 aromatic rings. The molecule has 1 N–H and O–H groups in total. The average Bonchev–Trinajstić information content (AvgIpc) is 2.47. The first-order valence-electron chi connectivity index (χ1n) is 7.00. The van der Waals surface area contributed by atoms with Crippen molar-refractivity contribution in [1.82, 2.24) is 9.88 Å². The van der Waals surface area contributed by atoms with E-state index in [1.807, 2.05) is 30.3 Å². The number of para-hydroxylation sites is 1. The fraction of sp³-hybridized carbons (Fsp3) is 0.438. The number of aromatic nitrogens is 1. The van der Waals surface area contributed by atoms with Gasteiger partial charge >= 0.3 is 0 Å². The first kappa shape index (κ1) is 14.0. The van der Waals surface area contributed by atoms with Gasteiger partial charge in [-0.05, 0) is 25.6 Å². The maximum absolute atomic E-state index is 10.4. The van der Waals surface area contributed by atoms with Crippen molar-refractivity contribution in [2.75, 3.05) is 19.6 Å². The van der Waals surface area contributed by atoms with Crippen LogP contribution in [0, 0.1) is 0 Å². The summed E-state index contributed by atoms with van der Waals surface area (Å²) in [5.74, 6) is 0. The topological polar surface area (TPSA) is 36.4 Å². The van der Waals surface area contributed by atoms with Gasteiger partial charge in [0.25, 0.3) is 0 Å². The largest absolute Gasteiger partial charge is 0.388 e. The van der Waals surface area contributed by atoms with E-state index >= 15 is 0 Å². The van der Waals surface area contributed by atoms with Gasteiger partial charge < -0.3 is 10.0 Å². The Balaban J connectivity index is 2.15. The summed E-state index contributed by atoms with van der Waals surface area (Å²) in [6.45, 7) is 7.26. The summed E-state index contributed by atoms with van der Waals surface area (Å²) in [6, 6.07) is 9.95. The first-order valence-corrected chi connectivity index (χ1v) is 7.00. The zero-order valence-electron chi connectivity index (χ0n) is 11.7. The fourth-order valence-corrected chi connectivity index (χ4v) is 2.40. The van der Waals surface area contributed by atoms with Crippen LogP contribution in [0.2, 0.25) is 0 Å². The highest BCUT2D eigenvalue weighted by Crippen LogP contribution is 2.24. The van der Waals surface area contributed by atoms with Gasteiger partial charge in [-0.15, -0.1) is 0 Å². The van der Waals surface area contributed by atoms with Crippen LogP contribution < -0.4 is 0 Å². The van der Waals surface area contributed by atoms with Gasteiger partial charge in [-0.3, -0.25) is 4.98 Å². The van der Waals surface area contributed by atoms with Crippen molar-refractivity contribution in [2.24, 2.45) is 0 Å². The van der Waals surface area contributed by atoms with Crippen molar-refractivity contribution in [3.8, 4) is 0 Å². The number of hydrogen-bond donors (Lipinski definition) is 1. The minimum Gasteiger partial charge on any atom is -0.388 e. The predicted molar refractivity (Wildman–Crippen MR) is 79.1 cm³/mol. The van der Waals surface area contributed by atoms with Crippen LogP contribution in [-0.2, 0) is 0 Å². The zero-order valence-corrected chi connectivity index (χ0v) is 11.7. The lowest BCUT2D eigenvalue weighted by atomic mass is 10.0. The molecule has 102 valence electrons. The second kappa shape index (κ2) is 6.64. The van der Waals surface area contributed by atoms with Crippen molar-refractivity contribution in [3.05, 3.63) is 42.1 Å². The highest BCUT2D eigenvalue weighted by molar-refractivity contribution is 5.81. The molecule has 2 rings (SSSR count). The SMILES string of the molecule is CCN(CC)CCC(O)c1cccc2cccnc12. The van der Waals surface area contributed by atoms with Gasteiger partial charge in [-0.25, -0.2) is 0 Å². The normalized spacial score (nSPS) is 13.1. The number of nitrogens with zero attached hydrogens (tertiary/aromatic N) is 2. The van der Waals surface area contributed by atoms with E-state index in [4.69, 9.17) is 0 Å². The summed E-state index contributed by atoms with van der Waals surface area (Å²) in [5, 5.41) is 11.5. The van der Waals surface area contributed by atoms with E-state index in [0.29, 0.717) is 0 Å². The molecule has 3 heteroatoms. The highest BCUT2D eigenvalue weighted by Gasteiger charge is 2.13. The monoisotopic (exact) mass is 258 g/mol. The van der Waals surface area contributed by atoms with Crippen LogP contribution >= 0.6 is 0 Å². The van der Waals surface area contributed by atoms with Gasteiger partial charge in [0.15, 0.2) is 0 Å². The molecule has 0 radical (unpaired) electrons. The minimum atomic E-state index is -0.445. The lowest BCUT2D eigenvalue weighted by Crippen LogP contribution is -2.25. The number of fused-ring (bicyclic) bond motifs is 1. The molecule has 19 heavy (non-hydrogen) atoms. The molecule has 1 heterocycles. The number of rotatable bonds is 6. The number of benzene rings is 1.